The molecule has 1 nitrogen and oxygen atoms in total. The van der Waals surface area contributed by atoms with Gasteiger partial charge in [0, 0.05) is 24.1 Å². The number of hydrogen-bond acceptors (Lipinski definition) is 1. The summed E-state index contributed by atoms with van der Waals surface area (Å²) in [6.07, 6.45) is 3.39. The summed E-state index contributed by atoms with van der Waals surface area (Å²) < 4.78 is 6.20. The molecule has 0 saturated carbocycles. The number of methoxy groups -OCH3 is 1. The van der Waals surface area contributed by atoms with Crippen molar-refractivity contribution in [1.29, 1.82) is 0 Å². The standard InChI is InChI=1S/C13H18BrClO/c1-16-9-5-4-6-11(10-15)12-7-2-3-8-13(12)14/h2-3,7-8,11H,4-6,9-10H2,1H3. The summed E-state index contributed by atoms with van der Waals surface area (Å²) in [5, 5.41) is 0. The molecule has 0 aliphatic carbocycles. The first-order valence-electron chi connectivity index (χ1n) is 5.59. The molecule has 0 aliphatic rings. The molecular weight excluding hydrogens is 287 g/mol. The molecule has 0 spiro atoms. The van der Waals surface area contributed by atoms with Crippen LogP contribution in [0.1, 0.15) is 30.7 Å². The lowest BCUT2D eigenvalue weighted by atomic mass is 9.95. The van der Waals surface area contributed by atoms with Crippen molar-refractivity contribution in [3.05, 3.63) is 34.3 Å². The first kappa shape index (κ1) is 14.0. The minimum atomic E-state index is 0.439. The highest BCUT2D eigenvalue weighted by atomic mass is 79.9. The first-order chi connectivity index (χ1) is 7.79. The number of halogens is 2. The molecule has 1 atom stereocenters. The summed E-state index contributed by atoms with van der Waals surface area (Å²) in [5.41, 5.74) is 1.31. The quantitative estimate of drug-likeness (QED) is 0.529. The lowest BCUT2D eigenvalue weighted by molar-refractivity contribution is 0.191. The van der Waals surface area contributed by atoms with Gasteiger partial charge in [-0.05, 0) is 30.4 Å². The molecule has 0 radical (unpaired) electrons. The van der Waals surface area contributed by atoms with Crippen LogP contribution in [0.5, 0.6) is 0 Å². The van der Waals surface area contributed by atoms with Gasteiger partial charge in [-0.25, -0.2) is 0 Å². The smallest absolute Gasteiger partial charge is 0.0462 e. The second kappa shape index (κ2) is 8.10. The minimum absolute atomic E-state index is 0.439. The van der Waals surface area contributed by atoms with E-state index in [0.29, 0.717) is 11.8 Å². The maximum atomic E-state index is 6.03. The van der Waals surface area contributed by atoms with Crippen LogP contribution in [0.4, 0.5) is 0 Å². The Balaban J connectivity index is 2.51. The van der Waals surface area contributed by atoms with Gasteiger partial charge in [-0.15, -0.1) is 11.6 Å². The Morgan fingerprint density at radius 3 is 2.69 bits per heavy atom. The van der Waals surface area contributed by atoms with Crippen molar-refractivity contribution in [3.8, 4) is 0 Å². The van der Waals surface area contributed by atoms with Gasteiger partial charge in [0.1, 0.15) is 0 Å². The summed E-state index contributed by atoms with van der Waals surface area (Å²) in [5.74, 6) is 1.12. The highest BCUT2D eigenvalue weighted by Crippen LogP contribution is 2.29. The lowest BCUT2D eigenvalue weighted by Gasteiger charge is -2.15. The molecule has 0 aliphatic heterocycles. The second-order valence-corrected chi connectivity index (χ2v) is 5.02. The van der Waals surface area contributed by atoms with Crippen molar-refractivity contribution >= 4 is 27.5 Å². The number of benzene rings is 1. The van der Waals surface area contributed by atoms with E-state index in [2.05, 4.69) is 34.1 Å². The van der Waals surface area contributed by atoms with E-state index in [9.17, 15) is 0 Å². The van der Waals surface area contributed by atoms with Gasteiger partial charge in [-0.1, -0.05) is 40.5 Å². The van der Waals surface area contributed by atoms with E-state index < -0.39 is 0 Å². The zero-order valence-electron chi connectivity index (χ0n) is 9.59. The van der Waals surface area contributed by atoms with Crippen LogP contribution in [0, 0.1) is 0 Å². The third-order valence-electron chi connectivity index (χ3n) is 2.68. The first-order valence-corrected chi connectivity index (χ1v) is 6.91. The number of ether oxygens (including phenoxy) is 1. The number of alkyl halides is 1. The van der Waals surface area contributed by atoms with Crippen LogP contribution in [-0.4, -0.2) is 19.6 Å². The molecule has 0 N–H and O–H groups in total. The van der Waals surface area contributed by atoms with Crippen molar-refractivity contribution in [3.63, 3.8) is 0 Å². The Bertz CT molecular complexity index is 304. The largest absolute Gasteiger partial charge is 0.385 e. The Morgan fingerprint density at radius 1 is 1.31 bits per heavy atom. The topological polar surface area (TPSA) is 9.23 Å². The Kier molecular flexibility index (Phi) is 7.10. The summed E-state index contributed by atoms with van der Waals surface area (Å²) >= 11 is 9.61. The Morgan fingerprint density at radius 2 is 2.06 bits per heavy atom. The van der Waals surface area contributed by atoms with E-state index in [1.807, 2.05) is 6.07 Å². The molecule has 16 heavy (non-hydrogen) atoms. The van der Waals surface area contributed by atoms with Crippen LogP contribution in [0.2, 0.25) is 0 Å². The predicted molar refractivity (Wildman–Crippen MR) is 73.3 cm³/mol. The molecule has 1 rings (SSSR count). The van der Waals surface area contributed by atoms with Gasteiger partial charge in [-0.3, -0.25) is 0 Å². The van der Waals surface area contributed by atoms with Crippen LogP contribution in [0.15, 0.2) is 28.7 Å². The van der Waals surface area contributed by atoms with Crippen LogP contribution >= 0.6 is 27.5 Å². The SMILES string of the molecule is COCCCCC(CCl)c1ccccc1Br. The third kappa shape index (κ3) is 4.44. The molecule has 0 aromatic heterocycles. The van der Waals surface area contributed by atoms with Crippen molar-refractivity contribution in [2.45, 2.75) is 25.2 Å². The average molecular weight is 306 g/mol. The van der Waals surface area contributed by atoms with E-state index in [4.69, 9.17) is 16.3 Å². The summed E-state index contributed by atoms with van der Waals surface area (Å²) in [6, 6.07) is 8.32. The van der Waals surface area contributed by atoms with Crippen LogP contribution in [-0.2, 0) is 4.74 Å². The fraction of sp³-hybridized carbons (Fsp3) is 0.538. The Hall–Kier alpha value is -0.0500. The van der Waals surface area contributed by atoms with E-state index in [-0.39, 0.29) is 0 Å². The maximum absolute atomic E-state index is 6.03. The van der Waals surface area contributed by atoms with Gasteiger partial charge in [0.25, 0.3) is 0 Å². The van der Waals surface area contributed by atoms with Gasteiger partial charge in [0.2, 0.25) is 0 Å². The summed E-state index contributed by atoms with van der Waals surface area (Å²) in [7, 11) is 1.74. The monoisotopic (exact) mass is 304 g/mol. The third-order valence-corrected chi connectivity index (χ3v) is 3.78. The van der Waals surface area contributed by atoms with E-state index in [0.717, 1.165) is 30.3 Å². The minimum Gasteiger partial charge on any atom is -0.385 e. The molecule has 0 heterocycles. The number of unbranched alkanes of at least 4 members (excludes halogenated alkanes) is 1. The Labute approximate surface area is 111 Å². The zero-order chi connectivity index (χ0) is 11.8. The fourth-order valence-corrected chi connectivity index (χ4v) is 2.69. The molecule has 0 saturated heterocycles. The normalized spacial score (nSPS) is 12.7. The van der Waals surface area contributed by atoms with Gasteiger partial charge >= 0.3 is 0 Å². The second-order valence-electron chi connectivity index (χ2n) is 3.86. The summed E-state index contributed by atoms with van der Waals surface area (Å²) in [6.45, 7) is 0.838. The van der Waals surface area contributed by atoms with Gasteiger partial charge in [0.05, 0.1) is 0 Å². The van der Waals surface area contributed by atoms with Crippen LogP contribution in [0.3, 0.4) is 0 Å². The molecule has 0 fully saturated rings. The highest BCUT2D eigenvalue weighted by Gasteiger charge is 2.12. The summed E-state index contributed by atoms with van der Waals surface area (Å²) in [4.78, 5) is 0. The van der Waals surface area contributed by atoms with Crippen molar-refractivity contribution in [1.82, 2.24) is 0 Å². The van der Waals surface area contributed by atoms with E-state index in [1.165, 1.54) is 5.56 Å². The molecule has 1 unspecified atom stereocenters. The molecular formula is C13H18BrClO. The molecule has 0 bridgehead atoms. The number of hydrogen-bond donors (Lipinski definition) is 0. The van der Waals surface area contributed by atoms with Crippen LogP contribution in [0.25, 0.3) is 0 Å². The van der Waals surface area contributed by atoms with Gasteiger partial charge in [-0.2, -0.15) is 0 Å². The highest BCUT2D eigenvalue weighted by molar-refractivity contribution is 9.10. The van der Waals surface area contributed by atoms with Crippen LogP contribution < -0.4 is 0 Å². The molecule has 1 aromatic carbocycles. The predicted octanol–water partition coefficient (Wildman–Crippen LogP) is 4.59. The zero-order valence-corrected chi connectivity index (χ0v) is 11.9. The van der Waals surface area contributed by atoms with Crippen molar-refractivity contribution < 1.29 is 4.74 Å². The van der Waals surface area contributed by atoms with E-state index >= 15 is 0 Å². The molecule has 0 amide bonds. The lowest BCUT2D eigenvalue weighted by Crippen LogP contribution is -2.02. The molecule has 1 aromatic rings. The molecule has 3 heteroatoms. The maximum Gasteiger partial charge on any atom is 0.0462 e. The molecule has 90 valence electrons. The fourth-order valence-electron chi connectivity index (χ4n) is 1.76. The van der Waals surface area contributed by atoms with Crippen molar-refractivity contribution in [2.24, 2.45) is 0 Å². The van der Waals surface area contributed by atoms with Gasteiger partial charge in [0.15, 0.2) is 0 Å². The number of rotatable bonds is 7. The van der Waals surface area contributed by atoms with Gasteiger partial charge < -0.3 is 4.74 Å². The van der Waals surface area contributed by atoms with Crippen molar-refractivity contribution in [2.75, 3.05) is 19.6 Å². The van der Waals surface area contributed by atoms with E-state index in [1.54, 1.807) is 7.11 Å². The average Bonchev–Trinajstić information content (AvgIpc) is 2.31.